The Morgan fingerprint density at radius 2 is 1.68 bits per heavy atom. The molecule has 0 unspecified atom stereocenters. The summed E-state index contributed by atoms with van der Waals surface area (Å²) in [5.74, 6) is -0.773. The van der Waals surface area contributed by atoms with Crippen LogP contribution in [0.3, 0.4) is 0 Å². The Morgan fingerprint density at radius 1 is 1.04 bits per heavy atom. The Bertz CT molecular complexity index is 784. The number of carbonyl (C=O) groups excluding carboxylic acids is 2. The summed E-state index contributed by atoms with van der Waals surface area (Å²) in [5, 5.41) is 6.01. The van der Waals surface area contributed by atoms with E-state index in [0.717, 1.165) is 18.7 Å². The van der Waals surface area contributed by atoms with Crippen molar-refractivity contribution in [2.75, 3.05) is 31.5 Å². The number of hydrogen-bond donors (Lipinski definition) is 2. The van der Waals surface area contributed by atoms with Gasteiger partial charge in [-0.15, -0.1) is 0 Å². The number of halogens is 1. The second-order valence-electron chi connectivity index (χ2n) is 6.03. The van der Waals surface area contributed by atoms with Crippen molar-refractivity contribution in [3.8, 4) is 0 Å². The topological polar surface area (TPSA) is 61.4 Å². The molecular formula is C19H20FN3O2. The predicted octanol–water partition coefficient (Wildman–Crippen LogP) is 2.43. The van der Waals surface area contributed by atoms with Gasteiger partial charge in [-0.25, -0.2) is 4.39 Å². The quantitative estimate of drug-likeness (QED) is 0.901. The number of anilines is 1. The Kier molecular flexibility index (Phi) is 5.09. The van der Waals surface area contributed by atoms with E-state index in [9.17, 15) is 14.0 Å². The maximum Gasteiger partial charge on any atom is 0.255 e. The van der Waals surface area contributed by atoms with E-state index in [0.29, 0.717) is 29.9 Å². The van der Waals surface area contributed by atoms with Gasteiger partial charge >= 0.3 is 0 Å². The Hall–Kier alpha value is -2.73. The van der Waals surface area contributed by atoms with E-state index in [1.165, 1.54) is 24.3 Å². The number of piperazine rings is 1. The van der Waals surface area contributed by atoms with Crippen molar-refractivity contribution in [2.24, 2.45) is 0 Å². The van der Waals surface area contributed by atoms with Crippen LogP contribution in [0.25, 0.3) is 0 Å². The molecule has 1 fully saturated rings. The minimum absolute atomic E-state index is 0.0428. The molecule has 0 aromatic heterocycles. The van der Waals surface area contributed by atoms with Crippen molar-refractivity contribution in [1.82, 2.24) is 10.2 Å². The van der Waals surface area contributed by atoms with Gasteiger partial charge in [0, 0.05) is 43.0 Å². The van der Waals surface area contributed by atoms with Crippen molar-refractivity contribution < 1.29 is 14.0 Å². The molecule has 2 aromatic carbocycles. The average Bonchev–Trinajstić information content (AvgIpc) is 2.64. The normalized spacial score (nSPS) is 14.2. The van der Waals surface area contributed by atoms with Crippen LogP contribution < -0.4 is 10.6 Å². The first-order valence-electron chi connectivity index (χ1n) is 8.22. The first-order valence-corrected chi connectivity index (χ1v) is 8.22. The molecule has 1 aliphatic heterocycles. The highest BCUT2D eigenvalue weighted by Gasteiger charge is 2.19. The fourth-order valence-electron chi connectivity index (χ4n) is 2.74. The summed E-state index contributed by atoms with van der Waals surface area (Å²) < 4.78 is 13.0. The predicted molar refractivity (Wildman–Crippen MR) is 94.3 cm³/mol. The summed E-state index contributed by atoms with van der Waals surface area (Å²) in [6, 6.07) is 10.6. The van der Waals surface area contributed by atoms with Crippen LogP contribution in [-0.2, 0) is 0 Å². The molecule has 0 spiro atoms. The molecule has 1 saturated heterocycles. The van der Waals surface area contributed by atoms with Crippen molar-refractivity contribution >= 4 is 17.5 Å². The van der Waals surface area contributed by atoms with Crippen molar-refractivity contribution in [3.63, 3.8) is 0 Å². The number of benzene rings is 2. The largest absolute Gasteiger partial charge is 0.336 e. The van der Waals surface area contributed by atoms with Gasteiger partial charge < -0.3 is 15.5 Å². The van der Waals surface area contributed by atoms with Crippen LogP contribution in [0.15, 0.2) is 42.5 Å². The molecule has 6 heteroatoms. The third kappa shape index (κ3) is 4.03. The molecule has 1 aliphatic rings. The van der Waals surface area contributed by atoms with E-state index in [1.54, 1.807) is 17.0 Å². The maximum atomic E-state index is 13.0. The maximum absolute atomic E-state index is 13.0. The summed E-state index contributed by atoms with van der Waals surface area (Å²) in [4.78, 5) is 26.7. The van der Waals surface area contributed by atoms with Crippen LogP contribution in [0.1, 0.15) is 26.3 Å². The second kappa shape index (κ2) is 7.44. The summed E-state index contributed by atoms with van der Waals surface area (Å²) >= 11 is 0. The van der Waals surface area contributed by atoms with Gasteiger partial charge in [-0.2, -0.15) is 0 Å². The van der Waals surface area contributed by atoms with Crippen LogP contribution in [0, 0.1) is 12.7 Å². The summed E-state index contributed by atoms with van der Waals surface area (Å²) in [6.45, 7) is 4.77. The molecule has 0 atom stereocenters. The number of amides is 2. The van der Waals surface area contributed by atoms with Crippen molar-refractivity contribution in [1.29, 1.82) is 0 Å². The van der Waals surface area contributed by atoms with Gasteiger partial charge in [-0.05, 0) is 48.9 Å². The van der Waals surface area contributed by atoms with E-state index in [4.69, 9.17) is 0 Å². The highest BCUT2D eigenvalue weighted by atomic mass is 19.1. The zero-order valence-electron chi connectivity index (χ0n) is 14.0. The van der Waals surface area contributed by atoms with Crippen LogP contribution in [-0.4, -0.2) is 42.9 Å². The Labute approximate surface area is 145 Å². The first-order chi connectivity index (χ1) is 12.0. The third-order valence-electron chi connectivity index (χ3n) is 4.24. The first kappa shape index (κ1) is 17.1. The van der Waals surface area contributed by atoms with Crippen LogP contribution >= 0.6 is 0 Å². The molecule has 25 heavy (non-hydrogen) atoms. The van der Waals surface area contributed by atoms with Gasteiger partial charge in [0.2, 0.25) is 0 Å². The van der Waals surface area contributed by atoms with Gasteiger partial charge in [0.1, 0.15) is 5.82 Å². The van der Waals surface area contributed by atoms with Gasteiger partial charge in [0.15, 0.2) is 0 Å². The summed E-state index contributed by atoms with van der Waals surface area (Å²) in [5.41, 5.74) is 2.34. The molecule has 2 amide bonds. The number of nitrogens with zero attached hydrogens (tertiary/aromatic N) is 1. The molecule has 2 N–H and O–H groups in total. The monoisotopic (exact) mass is 341 g/mol. The Balaban J connectivity index is 1.78. The molecule has 3 rings (SSSR count). The molecule has 0 saturated carbocycles. The molecule has 0 radical (unpaired) electrons. The van der Waals surface area contributed by atoms with Gasteiger partial charge in [0.25, 0.3) is 11.8 Å². The van der Waals surface area contributed by atoms with Crippen LogP contribution in [0.4, 0.5) is 10.1 Å². The van der Waals surface area contributed by atoms with E-state index < -0.39 is 5.82 Å². The molecular weight excluding hydrogens is 321 g/mol. The number of aryl methyl sites for hydroxylation is 1. The molecule has 130 valence electrons. The van der Waals surface area contributed by atoms with E-state index >= 15 is 0 Å². The lowest BCUT2D eigenvalue weighted by atomic mass is 10.1. The van der Waals surface area contributed by atoms with Gasteiger partial charge in [-0.1, -0.05) is 6.07 Å². The van der Waals surface area contributed by atoms with E-state index in [-0.39, 0.29) is 11.8 Å². The van der Waals surface area contributed by atoms with Crippen molar-refractivity contribution in [3.05, 3.63) is 65.0 Å². The fourth-order valence-corrected chi connectivity index (χ4v) is 2.74. The number of carbonyl (C=O) groups is 2. The zero-order valence-corrected chi connectivity index (χ0v) is 14.0. The fraction of sp³-hybridized carbons (Fsp3) is 0.263. The summed E-state index contributed by atoms with van der Waals surface area (Å²) in [6.07, 6.45) is 0. The molecule has 0 bridgehead atoms. The highest BCUT2D eigenvalue weighted by molar-refractivity contribution is 6.05. The lowest BCUT2D eigenvalue weighted by molar-refractivity contribution is 0.0735. The van der Waals surface area contributed by atoms with Gasteiger partial charge in [0.05, 0.1) is 0 Å². The van der Waals surface area contributed by atoms with E-state index in [1.807, 2.05) is 13.0 Å². The second-order valence-corrected chi connectivity index (χ2v) is 6.03. The standard InChI is InChI=1S/C19H20FN3O2/c1-13-2-3-15(19(25)23-10-8-21-9-11-23)12-17(13)22-18(24)14-4-6-16(20)7-5-14/h2-7,12,21H,8-11H2,1H3,(H,22,24). The zero-order chi connectivity index (χ0) is 17.8. The smallest absolute Gasteiger partial charge is 0.255 e. The van der Waals surface area contributed by atoms with Crippen molar-refractivity contribution in [2.45, 2.75) is 6.92 Å². The average molecular weight is 341 g/mol. The van der Waals surface area contributed by atoms with Crippen LogP contribution in [0.2, 0.25) is 0 Å². The minimum atomic E-state index is -0.392. The number of rotatable bonds is 3. The lowest BCUT2D eigenvalue weighted by Crippen LogP contribution is -2.46. The highest BCUT2D eigenvalue weighted by Crippen LogP contribution is 2.19. The molecule has 2 aromatic rings. The number of hydrogen-bond acceptors (Lipinski definition) is 3. The third-order valence-corrected chi connectivity index (χ3v) is 4.24. The van der Waals surface area contributed by atoms with Gasteiger partial charge in [-0.3, -0.25) is 9.59 Å². The molecule has 0 aliphatic carbocycles. The number of nitrogens with one attached hydrogen (secondary N) is 2. The minimum Gasteiger partial charge on any atom is -0.336 e. The lowest BCUT2D eigenvalue weighted by Gasteiger charge is -2.27. The van der Waals surface area contributed by atoms with Crippen LogP contribution in [0.5, 0.6) is 0 Å². The SMILES string of the molecule is Cc1ccc(C(=O)N2CCNCC2)cc1NC(=O)c1ccc(F)cc1. The van der Waals surface area contributed by atoms with E-state index in [2.05, 4.69) is 10.6 Å². The molecule has 1 heterocycles. The molecule has 5 nitrogen and oxygen atoms in total. The Morgan fingerprint density at radius 3 is 2.36 bits per heavy atom. The summed E-state index contributed by atoms with van der Waals surface area (Å²) in [7, 11) is 0.